The predicted octanol–water partition coefficient (Wildman–Crippen LogP) is 18.7. The zero-order valence-electron chi connectivity index (χ0n) is 44.1. The molecule has 0 amide bonds. The Labute approximate surface area is 419 Å². The molecule has 0 saturated carbocycles. The monoisotopic (exact) mass is 943 g/mol. The Morgan fingerprint density at radius 1 is 0.309 bits per heavy atom. The maximum atomic E-state index is 12.8. The minimum absolute atomic E-state index is 0.104. The number of hydrogen-bond acceptors (Lipinski definition) is 6. The summed E-state index contributed by atoms with van der Waals surface area (Å²) in [5.41, 5.74) is 0. The van der Waals surface area contributed by atoms with Crippen LogP contribution in [0, 0.1) is 0 Å². The molecule has 0 aliphatic heterocycles. The first-order chi connectivity index (χ1) is 33.5. The highest BCUT2D eigenvalue weighted by Gasteiger charge is 2.19. The lowest BCUT2D eigenvalue weighted by molar-refractivity contribution is -0.167. The normalized spacial score (nSPS) is 12.9. The van der Waals surface area contributed by atoms with E-state index in [9.17, 15) is 14.4 Å². The molecule has 6 heteroatoms. The molecule has 0 saturated heterocycles. The second-order valence-electron chi connectivity index (χ2n) is 18.1. The van der Waals surface area contributed by atoms with Crippen molar-refractivity contribution in [2.75, 3.05) is 13.2 Å². The molecule has 68 heavy (non-hydrogen) atoms. The Morgan fingerprint density at radius 3 is 0.956 bits per heavy atom. The summed E-state index contributed by atoms with van der Waals surface area (Å²) in [6.07, 6.45) is 75.0. The van der Waals surface area contributed by atoms with Gasteiger partial charge in [-0.05, 0) is 128 Å². The number of carbonyl (C=O) groups excluding carboxylic acids is 3. The zero-order chi connectivity index (χ0) is 49.3. The molecule has 386 valence electrons. The van der Waals surface area contributed by atoms with Crippen LogP contribution in [-0.2, 0) is 28.6 Å². The summed E-state index contributed by atoms with van der Waals surface area (Å²) in [7, 11) is 0. The minimum Gasteiger partial charge on any atom is -0.462 e. The van der Waals surface area contributed by atoms with Crippen molar-refractivity contribution in [2.45, 2.75) is 252 Å². The molecule has 0 heterocycles. The third-order valence-corrected chi connectivity index (χ3v) is 11.5. The van der Waals surface area contributed by atoms with Gasteiger partial charge in [-0.25, -0.2) is 0 Å². The molecule has 0 spiro atoms. The van der Waals surface area contributed by atoms with E-state index in [-0.39, 0.29) is 31.1 Å². The Kier molecular flexibility index (Phi) is 52.4. The maximum absolute atomic E-state index is 12.8. The molecular weight excluding hydrogens is 841 g/mol. The number of rotatable bonds is 49. The van der Waals surface area contributed by atoms with Gasteiger partial charge >= 0.3 is 17.9 Å². The summed E-state index contributed by atoms with van der Waals surface area (Å²) in [5.74, 6) is -0.968. The number of esters is 3. The summed E-state index contributed by atoms with van der Waals surface area (Å²) >= 11 is 0. The number of unbranched alkanes of at least 4 members (excludes halogenated alkanes) is 20. The van der Waals surface area contributed by atoms with Crippen molar-refractivity contribution in [3.63, 3.8) is 0 Å². The molecule has 0 radical (unpaired) electrons. The van der Waals surface area contributed by atoms with E-state index >= 15 is 0 Å². The van der Waals surface area contributed by atoms with Crippen molar-refractivity contribution in [1.29, 1.82) is 0 Å². The average molecular weight is 943 g/mol. The average Bonchev–Trinajstić information content (AvgIpc) is 3.34. The predicted molar refractivity (Wildman–Crippen MR) is 293 cm³/mol. The van der Waals surface area contributed by atoms with Crippen molar-refractivity contribution in [1.82, 2.24) is 0 Å². The van der Waals surface area contributed by atoms with Gasteiger partial charge in [-0.15, -0.1) is 0 Å². The fourth-order valence-electron chi connectivity index (χ4n) is 7.29. The van der Waals surface area contributed by atoms with Gasteiger partial charge in [0.25, 0.3) is 0 Å². The first-order valence-corrected chi connectivity index (χ1v) is 27.9. The van der Waals surface area contributed by atoms with Gasteiger partial charge in [0.15, 0.2) is 6.10 Å². The van der Waals surface area contributed by atoms with Crippen LogP contribution in [0.5, 0.6) is 0 Å². The Balaban J connectivity index is 4.51. The molecule has 1 atom stereocenters. The summed E-state index contributed by atoms with van der Waals surface area (Å²) in [4.78, 5) is 38.1. The van der Waals surface area contributed by atoms with E-state index in [1.54, 1.807) is 0 Å². The highest BCUT2D eigenvalue weighted by Crippen LogP contribution is 2.13. The molecule has 0 aliphatic carbocycles. The van der Waals surface area contributed by atoms with E-state index in [2.05, 4.69) is 130 Å². The number of allylic oxidation sites excluding steroid dienone is 18. The van der Waals surface area contributed by atoms with Crippen molar-refractivity contribution >= 4 is 17.9 Å². The third kappa shape index (κ3) is 53.0. The number of carbonyl (C=O) groups is 3. The van der Waals surface area contributed by atoms with Crippen LogP contribution in [0.15, 0.2) is 109 Å². The van der Waals surface area contributed by atoms with Crippen LogP contribution in [0.25, 0.3) is 0 Å². The van der Waals surface area contributed by atoms with Crippen molar-refractivity contribution < 1.29 is 28.6 Å². The standard InChI is InChI=1S/C62H102O6/c1-4-7-10-13-16-19-22-25-28-30-31-33-34-37-40-43-46-49-52-55-61(64)67-58-59(57-66-60(63)54-51-48-45-42-39-36-27-24-21-18-15-12-9-6-3)68-62(65)56-53-50-47-44-41-38-35-32-29-26-23-20-17-14-11-8-5-2/h7,10,16-17,19-20,24-29,31,33,35,37-38,40,59H,4-6,8-9,11-15,18,21-23,30,32,34,36,39,41-58H2,1-3H3/b10-7-,19-16-,20-17-,27-24-,28-25-,29-26-,33-31-,38-35-,40-37-/t59-/m1/s1. The van der Waals surface area contributed by atoms with Gasteiger partial charge < -0.3 is 14.2 Å². The molecule has 0 rings (SSSR count). The van der Waals surface area contributed by atoms with Gasteiger partial charge in [0, 0.05) is 19.3 Å². The van der Waals surface area contributed by atoms with Crippen molar-refractivity contribution in [2.24, 2.45) is 0 Å². The largest absolute Gasteiger partial charge is 0.462 e. The van der Waals surface area contributed by atoms with Crippen LogP contribution in [0.4, 0.5) is 0 Å². The summed E-state index contributed by atoms with van der Waals surface area (Å²) in [5, 5.41) is 0. The molecule has 0 aliphatic rings. The minimum atomic E-state index is -0.809. The summed E-state index contributed by atoms with van der Waals surface area (Å²) in [6.45, 7) is 6.43. The van der Waals surface area contributed by atoms with Crippen LogP contribution in [0.2, 0.25) is 0 Å². The maximum Gasteiger partial charge on any atom is 0.306 e. The SMILES string of the molecule is CC/C=C\C/C=C\C/C=C\C/C=C\C/C=C\CCCCCC(=O)OC[C@@H](COC(=O)CCCCCCC/C=C\CCCCCCC)OC(=O)CCCCCC/C=C\C/C=C\C/C=C\CCCCC. The first-order valence-electron chi connectivity index (χ1n) is 27.9. The molecule has 0 aromatic heterocycles. The molecule has 0 aromatic rings. The lowest BCUT2D eigenvalue weighted by atomic mass is 10.1. The third-order valence-electron chi connectivity index (χ3n) is 11.5. The van der Waals surface area contributed by atoms with E-state index in [0.717, 1.165) is 135 Å². The van der Waals surface area contributed by atoms with E-state index in [0.29, 0.717) is 19.3 Å². The summed E-state index contributed by atoms with van der Waals surface area (Å²) < 4.78 is 16.8. The Bertz CT molecular complexity index is 1410. The van der Waals surface area contributed by atoms with Crippen LogP contribution in [-0.4, -0.2) is 37.2 Å². The van der Waals surface area contributed by atoms with Crippen LogP contribution in [0.1, 0.15) is 245 Å². The van der Waals surface area contributed by atoms with Crippen LogP contribution >= 0.6 is 0 Å². The number of hydrogen-bond donors (Lipinski definition) is 0. The van der Waals surface area contributed by atoms with Gasteiger partial charge in [0.1, 0.15) is 13.2 Å². The molecule has 6 nitrogen and oxygen atoms in total. The van der Waals surface area contributed by atoms with Gasteiger partial charge in [-0.3, -0.25) is 14.4 Å². The Hall–Kier alpha value is -3.93. The second-order valence-corrected chi connectivity index (χ2v) is 18.1. The molecule has 0 fully saturated rings. The van der Waals surface area contributed by atoms with Crippen LogP contribution in [0.3, 0.4) is 0 Å². The van der Waals surface area contributed by atoms with Gasteiger partial charge in [0.05, 0.1) is 0 Å². The van der Waals surface area contributed by atoms with Gasteiger partial charge in [-0.1, -0.05) is 207 Å². The fourth-order valence-corrected chi connectivity index (χ4v) is 7.29. The van der Waals surface area contributed by atoms with Crippen LogP contribution < -0.4 is 0 Å². The molecule has 0 bridgehead atoms. The van der Waals surface area contributed by atoms with E-state index in [1.807, 2.05) is 0 Å². The summed E-state index contributed by atoms with van der Waals surface area (Å²) in [6, 6.07) is 0. The van der Waals surface area contributed by atoms with Gasteiger partial charge in [-0.2, -0.15) is 0 Å². The first kappa shape index (κ1) is 64.1. The number of ether oxygens (including phenoxy) is 3. The van der Waals surface area contributed by atoms with E-state index in [4.69, 9.17) is 14.2 Å². The van der Waals surface area contributed by atoms with Gasteiger partial charge in [0.2, 0.25) is 0 Å². The quantitative estimate of drug-likeness (QED) is 0.0262. The molecular formula is C62H102O6. The Morgan fingerprint density at radius 2 is 0.574 bits per heavy atom. The highest BCUT2D eigenvalue weighted by atomic mass is 16.6. The zero-order valence-corrected chi connectivity index (χ0v) is 44.1. The molecule has 0 unspecified atom stereocenters. The van der Waals surface area contributed by atoms with E-state index < -0.39 is 6.10 Å². The van der Waals surface area contributed by atoms with E-state index in [1.165, 1.54) is 70.6 Å². The highest BCUT2D eigenvalue weighted by molar-refractivity contribution is 5.71. The van der Waals surface area contributed by atoms with Crippen molar-refractivity contribution in [3.05, 3.63) is 109 Å². The molecule has 0 N–H and O–H groups in total. The lowest BCUT2D eigenvalue weighted by Crippen LogP contribution is -2.30. The fraction of sp³-hybridized carbons (Fsp3) is 0.661. The second kappa shape index (κ2) is 55.7. The topological polar surface area (TPSA) is 78.9 Å². The lowest BCUT2D eigenvalue weighted by Gasteiger charge is -2.18. The smallest absolute Gasteiger partial charge is 0.306 e. The van der Waals surface area contributed by atoms with Crippen molar-refractivity contribution in [3.8, 4) is 0 Å². The molecule has 0 aromatic carbocycles.